The minimum Gasteiger partial charge on any atom is -0.313 e. The first-order valence-corrected chi connectivity index (χ1v) is 7.82. The lowest BCUT2D eigenvalue weighted by Crippen LogP contribution is -2.52. The van der Waals surface area contributed by atoms with Gasteiger partial charge in [-0.1, -0.05) is 48.5 Å². The fraction of sp³-hybridized carbons (Fsp3) is 0.211. The van der Waals surface area contributed by atoms with Crippen LogP contribution in [0.2, 0.25) is 0 Å². The number of carbonyl (C=O) groups is 3. The molecule has 2 aliphatic heterocycles. The summed E-state index contributed by atoms with van der Waals surface area (Å²) in [5, 5.41) is 0. The van der Waals surface area contributed by atoms with Crippen LogP contribution >= 0.6 is 0 Å². The lowest BCUT2D eigenvalue weighted by atomic mass is 9.76. The normalized spacial score (nSPS) is 25.5. The van der Waals surface area contributed by atoms with Gasteiger partial charge in [-0.3, -0.25) is 19.3 Å². The third kappa shape index (κ3) is 1.61. The zero-order valence-electron chi connectivity index (χ0n) is 13.2. The monoisotopic (exact) mass is 320 g/mol. The van der Waals surface area contributed by atoms with Crippen molar-refractivity contribution in [1.82, 2.24) is 4.90 Å². The van der Waals surface area contributed by atoms with Gasteiger partial charge < -0.3 is 4.90 Å². The number of likely N-dealkylation sites (N-methyl/N-ethyl adjacent to an activating group) is 1. The molecule has 1 fully saturated rings. The maximum atomic E-state index is 13.3. The Bertz CT molecular complexity index is 849. The number of nitrogens with zero attached hydrogens (tertiary/aromatic N) is 2. The van der Waals surface area contributed by atoms with Gasteiger partial charge in [0.25, 0.3) is 5.91 Å². The highest BCUT2D eigenvalue weighted by Crippen LogP contribution is 2.55. The number of imide groups is 1. The number of para-hydroxylation sites is 1. The van der Waals surface area contributed by atoms with Crippen LogP contribution in [0.4, 0.5) is 5.69 Å². The van der Waals surface area contributed by atoms with Crippen molar-refractivity contribution in [1.29, 1.82) is 0 Å². The summed E-state index contributed by atoms with van der Waals surface area (Å²) in [6.07, 6.45) is 0.635. The van der Waals surface area contributed by atoms with Gasteiger partial charge >= 0.3 is 0 Å². The number of rotatable bonds is 2. The van der Waals surface area contributed by atoms with Crippen LogP contribution in [0.25, 0.3) is 0 Å². The van der Waals surface area contributed by atoms with Crippen molar-refractivity contribution in [2.75, 3.05) is 11.9 Å². The van der Waals surface area contributed by atoms with Gasteiger partial charge in [-0.2, -0.15) is 0 Å². The summed E-state index contributed by atoms with van der Waals surface area (Å²) in [6, 6.07) is 16.8. The predicted octanol–water partition coefficient (Wildman–Crippen LogP) is 2.03. The molecule has 2 heterocycles. The van der Waals surface area contributed by atoms with Gasteiger partial charge in [0.15, 0.2) is 5.54 Å². The molecule has 0 N–H and O–H groups in total. The number of benzene rings is 2. The molecule has 5 nitrogen and oxygen atoms in total. The molecule has 0 bridgehead atoms. The maximum Gasteiger partial charge on any atom is 0.258 e. The Morgan fingerprint density at radius 2 is 1.71 bits per heavy atom. The smallest absolute Gasteiger partial charge is 0.258 e. The van der Waals surface area contributed by atoms with Crippen molar-refractivity contribution in [3.63, 3.8) is 0 Å². The molecule has 3 amide bonds. The van der Waals surface area contributed by atoms with Crippen LogP contribution in [0, 0.1) is 0 Å². The van der Waals surface area contributed by atoms with Crippen LogP contribution in [-0.2, 0) is 19.9 Å². The quantitative estimate of drug-likeness (QED) is 0.796. The molecule has 2 aromatic carbocycles. The molecule has 2 atom stereocenters. The first kappa shape index (κ1) is 14.6. The Balaban J connectivity index is 2.03. The number of fused-ring (bicyclic) bond motifs is 2. The van der Waals surface area contributed by atoms with Gasteiger partial charge in [0.05, 0.1) is 0 Å². The zero-order valence-corrected chi connectivity index (χ0v) is 13.2. The standard InChI is InChI=1S/C19H16N2O3/c1-20-16-10-6-5-9-14(16)19(18(20)24)15(11-17(23)21(19)12-22)13-7-3-2-4-8-13/h2-10,12,15H,11H2,1H3/t15-,19+/m0/s1. The third-order valence-electron chi connectivity index (χ3n) is 5.15. The first-order valence-electron chi connectivity index (χ1n) is 7.82. The molecule has 5 heteroatoms. The van der Waals surface area contributed by atoms with Crippen molar-refractivity contribution < 1.29 is 14.4 Å². The Morgan fingerprint density at radius 3 is 2.42 bits per heavy atom. The SMILES string of the molecule is CN1C(=O)[C@@]2(c3ccccc31)[C@H](c1ccccc1)CC(=O)N2C=O. The van der Waals surface area contributed by atoms with E-state index < -0.39 is 11.5 Å². The summed E-state index contributed by atoms with van der Waals surface area (Å²) in [5.74, 6) is -0.956. The largest absolute Gasteiger partial charge is 0.313 e. The molecule has 0 unspecified atom stereocenters. The van der Waals surface area contributed by atoms with E-state index in [-0.39, 0.29) is 18.2 Å². The number of hydrogen-bond acceptors (Lipinski definition) is 3. The number of amides is 3. The van der Waals surface area contributed by atoms with E-state index in [9.17, 15) is 14.4 Å². The molecule has 1 spiro atoms. The fourth-order valence-corrected chi connectivity index (χ4v) is 4.11. The second-order valence-electron chi connectivity index (χ2n) is 6.18. The average Bonchev–Trinajstić information content (AvgIpc) is 3.04. The minimum atomic E-state index is -1.29. The Labute approximate surface area is 139 Å². The van der Waals surface area contributed by atoms with Crippen molar-refractivity contribution in [3.05, 3.63) is 65.7 Å². The zero-order chi connectivity index (χ0) is 16.9. The van der Waals surface area contributed by atoms with Gasteiger partial charge in [-0.25, -0.2) is 0 Å². The lowest BCUT2D eigenvalue weighted by Gasteiger charge is -2.34. The molecule has 0 radical (unpaired) electrons. The molecule has 0 aliphatic carbocycles. The maximum absolute atomic E-state index is 13.3. The molecule has 1 saturated heterocycles. The van der Waals surface area contributed by atoms with Crippen LogP contribution in [0.1, 0.15) is 23.5 Å². The van der Waals surface area contributed by atoms with Gasteiger partial charge in [-0.05, 0) is 11.6 Å². The second-order valence-corrected chi connectivity index (χ2v) is 6.18. The summed E-state index contributed by atoms with van der Waals surface area (Å²) in [4.78, 5) is 40.2. The molecule has 2 aliphatic rings. The van der Waals surface area contributed by atoms with Crippen molar-refractivity contribution >= 4 is 23.9 Å². The highest BCUT2D eigenvalue weighted by Gasteiger charge is 2.64. The minimum absolute atomic E-state index is 0.136. The van der Waals surface area contributed by atoms with Crippen molar-refractivity contribution in [2.24, 2.45) is 0 Å². The van der Waals surface area contributed by atoms with E-state index in [0.717, 1.165) is 16.2 Å². The van der Waals surface area contributed by atoms with E-state index in [0.29, 0.717) is 12.0 Å². The molecule has 4 rings (SSSR count). The van der Waals surface area contributed by atoms with Crippen LogP contribution < -0.4 is 4.90 Å². The number of hydrogen-bond donors (Lipinski definition) is 0. The predicted molar refractivity (Wildman–Crippen MR) is 88.2 cm³/mol. The van der Waals surface area contributed by atoms with Crippen LogP contribution in [0.3, 0.4) is 0 Å². The molecule has 24 heavy (non-hydrogen) atoms. The van der Waals surface area contributed by atoms with E-state index in [2.05, 4.69) is 0 Å². The number of anilines is 1. The summed E-state index contributed by atoms with van der Waals surface area (Å²) in [7, 11) is 1.68. The van der Waals surface area contributed by atoms with Crippen molar-refractivity contribution in [3.8, 4) is 0 Å². The molecule has 120 valence electrons. The van der Waals surface area contributed by atoms with Gasteiger partial charge in [-0.15, -0.1) is 0 Å². The van der Waals surface area contributed by atoms with Crippen LogP contribution in [0.5, 0.6) is 0 Å². The van der Waals surface area contributed by atoms with Gasteiger partial charge in [0.2, 0.25) is 12.3 Å². The number of likely N-dealkylation sites (tertiary alicyclic amines) is 1. The molecular weight excluding hydrogens is 304 g/mol. The van der Waals surface area contributed by atoms with E-state index in [4.69, 9.17) is 0 Å². The fourth-order valence-electron chi connectivity index (χ4n) is 4.11. The van der Waals surface area contributed by atoms with Crippen LogP contribution in [-0.4, -0.2) is 30.2 Å². The summed E-state index contributed by atoms with van der Waals surface area (Å²) < 4.78 is 0. The van der Waals surface area contributed by atoms with Gasteiger partial charge in [0, 0.05) is 30.6 Å². The Hall–Kier alpha value is -2.95. The molecular formula is C19H16N2O3. The third-order valence-corrected chi connectivity index (χ3v) is 5.15. The molecule has 0 aromatic heterocycles. The summed E-state index contributed by atoms with van der Waals surface area (Å²) in [5.41, 5.74) is 1.05. The Kier molecular flexibility index (Phi) is 3.06. The van der Waals surface area contributed by atoms with E-state index >= 15 is 0 Å². The highest BCUT2D eigenvalue weighted by molar-refractivity contribution is 6.13. The number of carbonyl (C=O) groups excluding carboxylic acids is 3. The topological polar surface area (TPSA) is 57.7 Å². The lowest BCUT2D eigenvalue weighted by molar-refractivity contribution is -0.146. The van der Waals surface area contributed by atoms with E-state index in [1.807, 2.05) is 54.6 Å². The Morgan fingerprint density at radius 1 is 1.04 bits per heavy atom. The van der Waals surface area contributed by atoms with Gasteiger partial charge in [0.1, 0.15) is 0 Å². The second kappa shape index (κ2) is 5.03. The average molecular weight is 320 g/mol. The molecule has 2 aromatic rings. The highest BCUT2D eigenvalue weighted by atomic mass is 16.2. The molecule has 0 saturated carbocycles. The first-order chi connectivity index (χ1) is 11.6. The summed E-state index contributed by atoms with van der Waals surface area (Å²) >= 11 is 0. The van der Waals surface area contributed by atoms with E-state index in [1.54, 1.807) is 11.9 Å². The van der Waals surface area contributed by atoms with E-state index in [1.165, 1.54) is 0 Å². The van der Waals surface area contributed by atoms with Crippen LogP contribution in [0.15, 0.2) is 54.6 Å². The van der Waals surface area contributed by atoms with Crippen molar-refractivity contribution in [2.45, 2.75) is 17.9 Å². The summed E-state index contributed by atoms with van der Waals surface area (Å²) in [6.45, 7) is 0.